The lowest BCUT2D eigenvalue weighted by molar-refractivity contribution is 0.0978. The largest absolute Gasteiger partial charge is 0.324 e. The fraction of sp³-hybridized carbons (Fsp3) is 0.0513. The molecule has 49 heavy (non-hydrogen) atoms. The summed E-state index contributed by atoms with van der Waals surface area (Å²) in [6, 6.07) is 24.2. The lowest BCUT2D eigenvalue weighted by atomic mass is 9.83. The number of nitrogens with one attached hydrogen (secondary N) is 3. The van der Waals surface area contributed by atoms with E-state index in [0.717, 1.165) is 11.3 Å². The molecule has 0 aliphatic heterocycles. The zero-order valence-corrected chi connectivity index (χ0v) is 26.5. The highest BCUT2D eigenvalue weighted by Gasteiger charge is 2.33. The number of allylic oxidation sites excluding steroid dienone is 5. The van der Waals surface area contributed by atoms with Crippen LogP contribution in [0.4, 0.5) is 34.9 Å². The van der Waals surface area contributed by atoms with E-state index >= 15 is 0 Å². The predicted molar refractivity (Wildman–Crippen MR) is 188 cm³/mol. The molecule has 238 valence electrons. The van der Waals surface area contributed by atoms with Crippen molar-refractivity contribution in [3.05, 3.63) is 160 Å². The summed E-state index contributed by atoms with van der Waals surface area (Å²) in [6.45, 7) is 7.20. The van der Waals surface area contributed by atoms with Gasteiger partial charge in [-0.3, -0.25) is 19.2 Å². The smallest absolute Gasteiger partial charge is 0.233 e. The molecular formula is C39H28N6O4. The van der Waals surface area contributed by atoms with Crippen molar-refractivity contribution in [3.63, 3.8) is 0 Å². The van der Waals surface area contributed by atoms with Crippen LogP contribution in [0.2, 0.25) is 0 Å². The molecule has 4 aromatic carbocycles. The minimum Gasteiger partial charge on any atom is -0.324 e. The summed E-state index contributed by atoms with van der Waals surface area (Å²) in [6.07, 6.45) is 4.74. The van der Waals surface area contributed by atoms with Crippen LogP contribution in [0.5, 0.6) is 0 Å². The molecule has 0 unspecified atom stereocenters. The Labute approximate surface area is 281 Å². The molecule has 1 aromatic heterocycles. The first-order valence-corrected chi connectivity index (χ1v) is 15.4. The van der Waals surface area contributed by atoms with Crippen LogP contribution < -0.4 is 16.0 Å². The van der Waals surface area contributed by atoms with Crippen molar-refractivity contribution in [1.82, 2.24) is 15.0 Å². The van der Waals surface area contributed by atoms with Crippen molar-refractivity contribution < 1.29 is 19.2 Å². The molecule has 5 aromatic rings. The van der Waals surface area contributed by atoms with E-state index in [0.29, 0.717) is 33.6 Å². The van der Waals surface area contributed by atoms with Crippen LogP contribution in [-0.2, 0) is 0 Å². The maximum Gasteiger partial charge on any atom is 0.233 e. The molecule has 2 aliphatic rings. The zero-order chi connectivity index (χ0) is 34.2. The van der Waals surface area contributed by atoms with Gasteiger partial charge >= 0.3 is 0 Å². The van der Waals surface area contributed by atoms with E-state index in [1.165, 1.54) is 0 Å². The Morgan fingerprint density at radius 1 is 0.531 bits per heavy atom. The van der Waals surface area contributed by atoms with E-state index in [4.69, 9.17) is 0 Å². The Hall–Kier alpha value is -6.81. The Morgan fingerprint density at radius 3 is 1.59 bits per heavy atom. The maximum atomic E-state index is 13.7. The number of aryl methyl sites for hydroxylation is 1. The van der Waals surface area contributed by atoms with Gasteiger partial charge in [-0.25, -0.2) is 0 Å². The zero-order valence-electron chi connectivity index (χ0n) is 26.5. The fourth-order valence-corrected chi connectivity index (χ4v) is 5.95. The molecule has 0 fully saturated rings. The molecule has 0 amide bonds. The van der Waals surface area contributed by atoms with Gasteiger partial charge in [0.05, 0.1) is 22.5 Å². The van der Waals surface area contributed by atoms with Crippen LogP contribution in [0, 0.1) is 6.92 Å². The highest BCUT2D eigenvalue weighted by molar-refractivity contribution is 6.31. The van der Waals surface area contributed by atoms with Gasteiger partial charge in [-0.2, -0.15) is 15.0 Å². The molecule has 1 heterocycles. The Balaban J connectivity index is 1.30. The number of anilines is 6. The monoisotopic (exact) mass is 644 g/mol. The van der Waals surface area contributed by atoms with E-state index in [-0.39, 0.29) is 63.2 Å². The summed E-state index contributed by atoms with van der Waals surface area (Å²) >= 11 is 0. The average Bonchev–Trinajstić information content (AvgIpc) is 3.10. The van der Waals surface area contributed by atoms with Crippen LogP contribution in [0.15, 0.2) is 121 Å². The second kappa shape index (κ2) is 12.4. The number of carbonyl (C=O) groups is 4. The van der Waals surface area contributed by atoms with Crippen molar-refractivity contribution in [3.8, 4) is 0 Å². The molecule has 0 atom stereocenters. The summed E-state index contributed by atoms with van der Waals surface area (Å²) in [5.74, 6) is -0.889. The van der Waals surface area contributed by atoms with Crippen LogP contribution in [-0.4, -0.2) is 38.1 Å². The van der Waals surface area contributed by atoms with E-state index in [1.54, 1.807) is 85.8 Å². The van der Waals surface area contributed by atoms with Crippen molar-refractivity contribution in [2.24, 2.45) is 0 Å². The van der Waals surface area contributed by atoms with Crippen molar-refractivity contribution >= 4 is 58.0 Å². The van der Waals surface area contributed by atoms with Gasteiger partial charge in [0, 0.05) is 39.1 Å². The second-order valence-corrected chi connectivity index (χ2v) is 11.4. The minimum absolute atomic E-state index is 0.0544. The normalized spacial score (nSPS) is 13.6. The lowest BCUT2D eigenvalue weighted by Gasteiger charge is -2.21. The molecule has 0 saturated carbocycles. The number of Topliss-reactive ketones (excluding diaryl/α,β-unsaturated/α-hetero) is 2. The third-order valence-electron chi connectivity index (χ3n) is 8.40. The van der Waals surface area contributed by atoms with E-state index in [1.807, 2.05) is 31.2 Å². The molecule has 0 bridgehead atoms. The van der Waals surface area contributed by atoms with Gasteiger partial charge in [0.2, 0.25) is 17.8 Å². The first-order chi connectivity index (χ1) is 23.7. The van der Waals surface area contributed by atoms with Crippen LogP contribution in [0.25, 0.3) is 0 Å². The molecular weight excluding hydrogens is 616 g/mol. The van der Waals surface area contributed by atoms with Crippen LogP contribution in [0.3, 0.4) is 0 Å². The molecule has 3 N–H and O–H groups in total. The van der Waals surface area contributed by atoms with Gasteiger partial charge < -0.3 is 16.0 Å². The highest BCUT2D eigenvalue weighted by atomic mass is 16.1. The van der Waals surface area contributed by atoms with Gasteiger partial charge in [-0.05, 0) is 37.6 Å². The number of para-hydroxylation sites is 1. The quantitative estimate of drug-likeness (QED) is 0.142. The molecule has 2 aliphatic carbocycles. The number of benzene rings is 4. The molecule has 10 nitrogen and oxygen atoms in total. The third-order valence-corrected chi connectivity index (χ3v) is 8.40. The Morgan fingerprint density at radius 2 is 1.00 bits per heavy atom. The molecule has 10 heteroatoms. The number of aromatic nitrogens is 3. The first kappa shape index (κ1) is 30.8. The molecule has 7 rings (SSSR count). The van der Waals surface area contributed by atoms with E-state index < -0.39 is 0 Å². The van der Waals surface area contributed by atoms with Gasteiger partial charge in [0.25, 0.3) is 0 Å². The first-order valence-electron chi connectivity index (χ1n) is 15.4. The van der Waals surface area contributed by atoms with Crippen molar-refractivity contribution in [1.29, 1.82) is 0 Å². The topological polar surface area (TPSA) is 143 Å². The fourth-order valence-electron chi connectivity index (χ4n) is 5.95. The number of rotatable bonds is 8. The maximum absolute atomic E-state index is 13.7. The second-order valence-electron chi connectivity index (χ2n) is 11.4. The van der Waals surface area contributed by atoms with Crippen molar-refractivity contribution in [2.75, 3.05) is 16.0 Å². The third kappa shape index (κ3) is 5.51. The molecule has 0 saturated heterocycles. The van der Waals surface area contributed by atoms with Gasteiger partial charge in [0.15, 0.2) is 23.1 Å². The Bertz CT molecular complexity index is 2340. The van der Waals surface area contributed by atoms with Gasteiger partial charge in [0.1, 0.15) is 0 Å². The number of fused-ring (bicyclic) bond motifs is 3. The summed E-state index contributed by atoms with van der Waals surface area (Å²) in [5, 5.41) is 9.48. The standard InChI is InChI=1S/C39H28N6O4/c1-4-5-13-23-22(3)33(46)31-26(34(23)47)16-10-19-29(31)41-38-43-37(40-28-18-9-6-12-21(28)2)44-39(45-38)42-30-20-11-17-27-32(30)36(49)25-15-8-7-14-24(25)35(27)48/h4-20H,1H2,2-3H3,(H3,40,41,42,43,44,45)/b13-5-. The number of hydrogen-bond donors (Lipinski definition) is 3. The van der Waals surface area contributed by atoms with E-state index in [9.17, 15) is 19.2 Å². The lowest BCUT2D eigenvalue weighted by Crippen LogP contribution is -2.22. The summed E-state index contributed by atoms with van der Waals surface area (Å²) < 4.78 is 0. The summed E-state index contributed by atoms with van der Waals surface area (Å²) in [4.78, 5) is 67.9. The number of carbonyl (C=O) groups excluding carboxylic acids is 4. The summed E-state index contributed by atoms with van der Waals surface area (Å²) in [5.41, 5.74) is 4.54. The highest BCUT2D eigenvalue weighted by Crippen LogP contribution is 2.35. The SMILES string of the molecule is C=C/C=C\C1=C(C)C(=O)c2c(Nc3nc(Nc4ccccc4C)nc(Nc4cccc5c4C(=O)c4ccccc4C5=O)n3)cccc2C1=O. The average molecular weight is 645 g/mol. The molecule has 0 radical (unpaired) electrons. The van der Waals surface area contributed by atoms with E-state index in [2.05, 4.69) is 37.5 Å². The molecule has 0 spiro atoms. The van der Waals surface area contributed by atoms with Gasteiger partial charge in [-0.15, -0.1) is 0 Å². The Kier molecular flexibility index (Phi) is 7.81. The minimum atomic E-state index is -0.313. The van der Waals surface area contributed by atoms with Gasteiger partial charge in [-0.1, -0.05) is 91.5 Å². The number of ketones is 4. The van der Waals surface area contributed by atoms with Crippen LogP contribution in [0.1, 0.15) is 65.0 Å². The summed E-state index contributed by atoms with van der Waals surface area (Å²) in [7, 11) is 0. The number of hydrogen-bond acceptors (Lipinski definition) is 10. The van der Waals surface area contributed by atoms with Crippen molar-refractivity contribution in [2.45, 2.75) is 13.8 Å². The predicted octanol–water partition coefficient (Wildman–Crippen LogP) is 7.62. The number of nitrogens with zero attached hydrogens (tertiary/aromatic N) is 3. The van der Waals surface area contributed by atoms with Crippen LogP contribution >= 0.6 is 0 Å².